The third-order valence-corrected chi connectivity index (χ3v) is 3.06. The molecule has 0 amide bonds. The van der Waals surface area contributed by atoms with Gasteiger partial charge in [-0.25, -0.2) is 0 Å². The molecule has 0 saturated heterocycles. The average Bonchev–Trinajstić information content (AvgIpc) is 2.16. The molecule has 0 aliphatic heterocycles. The predicted octanol–water partition coefficient (Wildman–Crippen LogP) is 5.00. The average molecular weight is 259 g/mol. The second-order valence-corrected chi connectivity index (χ2v) is 5.12. The molecule has 0 aromatic heterocycles. The van der Waals surface area contributed by atoms with Gasteiger partial charge in [-0.1, -0.05) is 49.5 Å². The normalized spacial score (nSPS) is 10.8. The van der Waals surface area contributed by atoms with E-state index in [4.69, 9.17) is 23.2 Å². The van der Waals surface area contributed by atoms with Crippen LogP contribution in [0, 0.1) is 5.92 Å². The smallest absolute Gasteiger partial charge is 0.165 e. The van der Waals surface area contributed by atoms with Crippen molar-refractivity contribution in [1.29, 1.82) is 0 Å². The minimum absolute atomic E-state index is 0.0382. The molecule has 0 heterocycles. The summed E-state index contributed by atoms with van der Waals surface area (Å²) in [4.78, 5) is 11.9. The number of hydrogen-bond donors (Lipinski definition) is 0. The van der Waals surface area contributed by atoms with Crippen LogP contribution >= 0.6 is 23.2 Å². The Balaban J connectivity index is 2.66. The first-order valence-corrected chi connectivity index (χ1v) is 6.25. The van der Waals surface area contributed by atoms with Crippen molar-refractivity contribution in [2.24, 2.45) is 5.92 Å². The number of carbonyl (C=O) groups is 1. The van der Waals surface area contributed by atoms with Crippen LogP contribution in [-0.2, 0) is 0 Å². The lowest BCUT2D eigenvalue weighted by molar-refractivity contribution is 0.0978. The first kappa shape index (κ1) is 13.5. The minimum atomic E-state index is 0.0382. The Morgan fingerprint density at radius 3 is 2.31 bits per heavy atom. The van der Waals surface area contributed by atoms with Gasteiger partial charge in [0, 0.05) is 6.42 Å². The fourth-order valence-electron chi connectivity index (χ4n) is 1.56. The maximum Gasteiger partial charge on any atom is 0.165 e. The van der Waals surface area contributed by atoms with Crippen LogP contribution in [0.1, 0.15) is 43.5 Å². The van der Waals surface area contributed by atoms with Gasteiger partial charge < -0.3 is 0 Å². The van der Waals surface area contributed by atoms with E-state index in [2.05, 4.69) is 13.8 Å². The summed E-state index contributed by atoms with van der Waals surface area (Å²) in [6.45, 7) is 4.29. The summed E-state index contributed by atoms with van der Waals surface area (Å²) in [6, 6.07) is 5.14. The van der Waals surface area contributed by atoms with Gasteiger partial charge in [0.25, 0.3) is 0 Å². The minimum Gasteiger partial charge on any atom is -0.294 e. The lowest BCUT2D eigenvalue weighted by atomic mass is 10.0. The third kappa shape index (κ3) is 3.80. The standard InChI is InChI=1S/C13H16Cl2O/c1-9(2)5-3-8-12(16)13-10(14)6-4-7-11(13)15/h4,6-7,9H,3,5,8H2,1-2H3. The highest BCUT2D eigenvalue weighted by molar-refractivity contribution is 6.39. The SMILES string of the molecule is CC(C)CCCC(=O)c1c(Cl)cccc1Cl. The molecule has 0 radical (unpaired) electrons. The molecule has 16 heavy (non-hydrogen) atoms. The number of rotatable bonds is 5. The number of benzene rings is 1. The van der Waals surface area contributed by atoms with Gasteiger partial charge in [0.05, 0.1) is 15.6 Å². The molecule has 0 fully saturated rings. The molecule has 3 heteroatoms. The molecular weight excluding hydrogens is 243 g/mol. The van der Waals surface area contributed by atoms with Crippen LogP contribution in [0.3, 0.4) is 0 Å². The van der Waals surface area contributed by atoms with Gasteiger partial charge in [-0.2, -0.15) is 0 Å². The molecule has 1 rings (SSSR count). The maximum absolute atomic E-state index is 11.9. The van der Waals surface area contributed by atoms with Crippen LogP contribution in [0.15, 0.2) is 18.2 Å². The van der Waals surface area contributed by atoms with E-state index in [1.807, 2.05) is 0 Å². The Morgan fingerprint density at radius 2 is 1.81 bits per heavy atom. The predicted molar refractivity (Wildman–Crippen MR) is 69.5 cm³/mol. The molecule has 1 aromatic carbocycles. The molecule has 0 N–H and O–H groups in total. The third-order valence-electron chi connectivity index (χ3n) is 2.43. The summed E-state index contributed by atoms with van der Waals surface area (Å²) < 4.78 is 0. The first-order valence-electron chi connectivity index (χ1n) is 5.49. The zero-order valence-electron chi connectivity index (χ0n) is 9.59. The van der Waals surface area contributed by atoms with E-state index in [0.29, 0.717) is 27.9 Å². The van der Waals surface area contributed by atoms with Gasteiger partial charge in [-0.05, 0) is 24.5 Å². The van der Waals surface area contributed by atoms with E-state index in [1.54, 1.807) is 18.2 Å². The van der Waals surface area contributed by atoms with Crippen molar-refractivity contribution in [2.45, 2.75) is 33.1 Å². The van der Waals surface area contributed by atoms with E-state index < -0.39 is 0 Å². The van der Waals surface area contributed by atoms with Crippen LogP contribution in [0.2, 0.25) is 10.0 Å². The number of Topliss-reactive ketones (excluding diaryl/α,β-unsaturated/α-hetero) is 1. The number of ketones is 1. The monoisotopic (exact) mass is 258 g/mol. The molecule has 1 nitrogen and oxygen atoms in total. The highest BCUT2D eigenvalue weighted by atomic mass is 35.5. The molecule has 88 valence electrons. The molecule has 0 spiro atoms. The molecule has 1 aromatic rings. The summed E-state index contributed by atoms with van der Waals surface area (Å²) in [6.07, 6.45) is 2.45. The Labute approximate surface area is 107 Å². The van der Waals surface area contributed by atoms with E-state index in [0.717, 1.165) is 12.8 Å². The van der Waals surface area contributed by atoms with E-state index in [9.17, 15) is 4.79 Å². The molecule has 0 aliphatic rings. The van der Waals surface area contributed by atoms with Crippen molar-refractivity contribution < 1.29 is 4.79 Å². The van der Waals surface area contributed by atoms with Crippen molar-refractivity contribution in [3.05, 3.63) is 33.8 Å². The molecule has 0 saturated carbocycles. The summed E-state index contributed by atoms with van der Waals surface area (Å²) in [5, 5.41) is 0.893. The summed E-state index contributed by atoms with van der Waals surface area (Å²) in [5.74, 6) is 0.658. The molecule has 0 bridgehead atoms. The van der Waals surface area contributed by atoms with E-state index >= 15 is 0 Å². The molecule has 0 unspecified atom stereocenters. The zero-order valence-corrected chi connectivity index (χ0v) is 11.1. The highest BCUT2D eigenvalue weighted by Crippen LogP contribution is 2.26. The Bertz CT molecular complexity index is 352. The van der Waals surface area contributed by atoms with Crippen LogP contribution in [-0.4, -0.2) is 5.78 Å². The first-order chi connectivity index (χ1) is 7.52. The fraction of sp³-hybridized carbons (Fsp3) is 0.462. The van der Waals surface area contributed by atoms with Gasteiger partial charge >= 0.3 is 0 Å². The van der Waals surface area contributed by atoms with Crippen LogP contribution in [0.25, 0.3) is 0 Å². The van der Waals surface area contributed by atoms with Gasteiger partial charge in [-0.3, -0.25) is 4.79 Å². The summed E-state index contributed by atoms with van der Waals surface area (Å²) in [7, 11) is 0. The lowest BCUT2D eigenvalue weighted by Crippen LogP contribution is -2.02. The van der Waals surface area contributed by atoms with Crippen LogP contribution in [0.5, 0.6) is 0 Å². The van der Waals surface area contributed by atoms with Crippen molar-refractivity contribution in [3.8, 4) is 0 Å². The Hall–Kier alpha value is -0.530. The van der Waals surface area contributed by atoms with Gasteiger partial charge in [0.2, 0.25) is 0 Å². The van der Waals surface area contributed by atoms with E-state index in [-0.39, 0.29) is 5.78 Å². The van der Waals surface area contributed by atoms with Gasteiger partial charge in [-0.15, -0.1) is 0 Å². The van der Waals surface area contributed by atoms with Crippen molar-refractivity contribution >= 4 is 29.0 Å². The van der Waals surface area contributed by atoms with Crippen LogP contribution < -0.4 is 0 Å². The van der Waals surface area contributed by atoms with E-state index in [1.165, 1.54) is 0 Å². The maximum atomic E-state index is 11.9. The lowest BCUT2D eigenvalue weighted by Gasteiger charge is -2.07. The largest absolute Gasteiger partial charge is 0.294 e. The van der Waals surface area contributed by atoms with Crippen molar-refractivity contribution in [3.63, 3.8) is 0 Å². The van der Waals surface area contributed by atoms with Gasteiger partial charge in [0.1, 0.15) is 0 Å². The fourth-order valence-corrected chi connectivity index (χ4v) is 2.17. The quantitative estimate of drug-likeness (QED) is 0.680. The van der Waals surface area contributed by atoms with Crippen LogP contribution in [0.4, 0.5) is 0 Å². The molecule has 0 atom stereocenters. The highest BCUT2D eigenvalue weighted by Gasteiger charge is 2.13. The molecule has 0 aliphatic carbocycles. The summed E-state index contributed by atoms with van der Waals surface area (Å²) >= 11 is 11.9. The van der Waals surface area contributed by atoms with Gasteiger partial charge in [0.15, 0.2) is 5.78 Å². The van der Waals surface area contributed by atoms with Crippen molar-refractivity contribution in [2.75, 3.05) is 0 Å². The number of hydrogen-bond acceptors (Lipinski definition) is 1. The Kier molecular flexibility index (Phi) is 5.30. The number of carbonyl (C=O) groups excluding carboxylic acids is 1. The Morgan fingerprint density at radius 1 is 1.25 bits per heavy atom. The second-order valence-electron chi connectivity index (χ2n) is 4.31. The zero-order chi connectivity index (χ0) is 12.1. The summed E-state index contributed by atoms with van der Waals surface area (Å²) in [5.41, 5.74) is 0.467. The molecular formula is C13H16Cl2O. The second kappa shape index (κ2) is 6.27. The topological polar surface area (TPSA) is 17.1 Å². The number of halogens is 2. The van der Waals surface area contributed by atoms with Crippen molar-refractivity contribution in [1.82, 2.24) is 0 Å².